The predicted octanol–water partition coefficient (Wildman–Crippen LogP) is 3.32. The van der Waals surface area contributed by atoms with Crippen LogP contribution in [0, 0.1) is 0 Å². The van der Waals surface area contributed by atoms with Crippen molar-refractivity contribution in [2.45, 2.75) is 39.5 Å². The molecule has 0 N–H and O–H groups in total. The Morgan fingerprint density at radius 1 is 1.09 bits per heavy atom. The number of carbonyl (C=O) groups is 1. The van der Waals surface area contributed by atoms with E-state index in [2.05, 4.69) is 24.0 Å². The standard InChI is InChI=1S/C17H23N3O2/c1-3-12-20(13-4-2)16(21)11-10-15-18-19-17(22-15)14-8-6-5-7-9-14/h5-9H,3-4,10-13H2,1-2H3. The molecule has 0 aliphatic rings. The molecule has 0 spiro atoms. The highest BCUT2D eigenvalue weighted by Crippen LogP contribution is 2.17. The Morgan fingerprint density at radius 3 is 2.41 bits per heavy atom. The van der Waals surface area contributed by atoms with Crippen LogP contribution in [0.4, 0.5) is 0 Å². The molecule has 1 amide bonds. The zero-order valence-electron chi connectivity index (χ0n) is 13.3. The van der Waals surface area contributed by atoms with E-state index in [4.69, 9.17) is 4.42 Å². The van der Waals surface area contributed by atoms with Gasteiger partial charge in [0.15, 0.2) is 0 Å². The van der Waals surface area contributed by atoms with Gasteiger partial charge in [-0.3, -0.25) is 4.79 Å². The molecule has 2 rings (SSSR count). The Balaban J connectivity index is 1.92. The van der Waals surface area contributed by atoms with E-state index in [9.17, 15) is 4.79 Å². The normalized spacial score (nSPS) is 10.6. The summed E-state index contributed by atoms with van der Waals surface area (Å²) in [6, 6.07) is 9.64. The van der Waals surface area contributed by atoms with Gasteiger partial charge in [0.25, 0.3) is 0 Å². The lowest BCUT2D eigenvalue weighted by Gasteiger charge is -2.21. The first kappa shape index (κ1) is 16.2. The summed E-state index contributed by atoms with van der Waals surface area (Å²) in [5.74, 6) is 1.17. The van der Waals surface area contributed by atoms with Gasteiger partial charge in [0.2, 0.25) is 17.7 Å². The molecule has 0 unspecified atom stereocenters. The van der Waals surface area contributed by atoms with Gasteiger partial charge in [-0.05, 0) is 25.0 Å². The minimum absolute atomic E-state index is 0.156. The molecule has 118 valence electrons. The average molecular weight is 301 g/mol. The lowest BCUT2D eigenvalue weighted by Crippen LogP contribution is -2.32. The number of carbonyl (C=O) groups excluding carboxylic acids is 1. The Bertz CT molecular complexity index is 575. The summed E-state index contributed by atoms with van der Waals surface area (Å²) in [6.45, 7) is 5.79. The maximum absolute atomic E-state index is 12.2. The SMILES string of the molecule is CCCN(CCC)C(=O)CCc1nnc(-c2ccccc2)o1. The van der Waals surface area contributed by atoms with E-state index in [1.54, 1.807) is 0 Å². The number of aryl methyl sites for hydroxylation is 1. The molecule has 0 radical (unpaired) electrons. The fourth-order valence-electron chi connectivity index (χ4n) is 2.33. The van der Waals surface area contributed by atoms with Gasteiger partial charge in [-0.1, -0.05) is 32.0 Å². The maximum Gasteiger partial charge on any atom is 0.247 e. The lowest BCUT2D eigenvalue weighted by atomic mass is 10.2. The molecule has 5 heteroatoms. The highest BCUT2D eigenvalue weighted by Gasteiger charge is 2.14. The van der Waals surface area contributed by atoms with Crippen molar-refractivity contribution in [1.82, 2.24) is 15.1 Å². The van der Waals surface area contributed by atoms with Crippen molar-refractivity contribution in [2.75, 3.05) is 13.1 Å². The van der Waals surface area contributed by atoms with E-state index >= 15 is 0 Å². The quantitative estimate of drug-likeness (QED) is 0.750. The minimum Gasteiger partial charge on any atom is -0.421 e. The summed E-state index contributed by atoms with van der Waals surface area (Å²) in [6.07, 6.45) is 2.86. The van der Waals surface area contributed by atoms with Gasteiger partial charge in [0.05, 0.1) is 0 Å². The van der Waals surface area contributed by atoms with Crippen LogP contribution in [0.3, 0.4) is 0 Å². The largest absolute Gasteiger partial charge is 0.421 e. The number of aromatic nitrogens is 2. The lowest BCUT2D eigenvalue weighted by molar-refractivity contribution is -0.131. The predicted molar refractivity (Wildman–Crippen MR) is 85.2 cm³/mol. The molecule has 0 atom stereocenters. The van der Waals surface area contributed by atoms with E-state index < -0.39 is 0 Å². The third-order valence-corrected chi connectivity index (χ3v) is 3.38. The number of amides is 1. The second kappa shape index (κ2) is 8.32. The van der Waals surface area contributed by atoms with E-state index in [-0.39, 0.29) is 5.91 Å². The molecule has 0 saturated carbocycles. The zero-order valence-corrected chi connectivity index (χ0v) is 13.3. The van der Waals surface area contributed by atoms with Crippen molar-refractivity contribution in [3.05, 3.63) is 36.2 Å². The number of nitrogens with zero attached hydrogens (tertiary/aromatic N) is 3. The Hall–Kier alpha value is -2.17. The van der Waals surface area contributed by atoms with Crippen molar-refractivity contribution in [3.63, 3.8) is 0 Å². The summed E-state index contributed by atoms with van der Waals surface area (Å²) in [7, 11) is 0. The first-order chi connectivity index (χ1) is 10.7. The van der Waals surface area contributed by atoms with Gasteiger partial charge in [-0.25, -0.2) is 0 Å². The number of hydrogen-bond donors (Lipinski definition) is 0. The average Bonchev–Trinajstić information content (AvgIpc) is 3.02. The van der Waals surface area contributed by atoms with Crippen LogP contribution in [0.25, 0.3) is 11.5 Å². The van der Waals surface area contributed by atoms with Gasteiger partial charge in [-0.2, -0.15) is 0 Å². The molecule has 22 heavy (non-hydrogen) atoms. The highest BCUT2D eigenvalue weighted by atomic mass is 16.4. The van der Waals surface area contributed by atoms with Crippen molar-refractivity contribution in [2.24, 2.45) is 0 Å². The van der Waals surface area contributed by atoms with Gasteiger partial charge in [0, 0.05) is 31.5 Å². The summed E-state index contributed by atoms with van der Waals surface area (Å²) < 4.78 is 5.63. The van der Waals surface area contributed by atoms with Crippen molar-refractivity contribution in [1.29, 1.82) is 0 Å². The molecule has 0 aliphatic carbocycles. The van der Waals surface area contributed by atoms with Crippen LogP contribution in [-0.2, 0) is 11.2 Å². The van der Waals surface area contributed by atoms with Crippen LogP contribution in [-0.4, -0.2) is 34.1 Å². The van der Waals surface area contributed by atoms with Gasteiger partial charge >= 0.3 is 0 Å². The third-order valence-electron chi connectivity index (χ3n) is 3.38. The Morgan fingerprint density at radius 2 is 1.77 bits per heavy atom. The first-order valence-corrected chi connectivity index (χ1v) is 7.90. The van der Waals surface area contributed by atoms with Crippen LogP contribution in [0.15, 0.2) is 34.7 Å². The molecule has 0 fully saturated rings. The second-order valence-corrected chi connectivity index (χ2v) is 5.25. The van der Waals surface area contributed by atoms with Crippen molar-refractivity contribution < 1.29 is 9.21 Å². The van der Waals surface area contributed by atoms with Gasteiger partial charge in [-0.15, -0.1) is 10.2 Å². The smallest absolute Gasteiger partial charge is 0.247 e. The monoisotopic (exact) mass is 301 g/mol. The van der Waals surface area contributed by atoms with E-state index in [1.807, 2.05) is 35.2 Å². The van der Waals surface area contributed by atoms with Crippen LogP contribution >= 0.6 is 0 Å². The number of rotatable bonds is 8. The minimum atomic E-state index is 0.156. The molecule has 2 aromatic rings. The molecule has 0 aliphatic heterocycles. The Labute approximate surface area is 131 Å². The number of benzene rings is 1. The second-order valence-electron chi connectivity index (χ2n) is 5.25. The summed E-state index contributed by atoms with van der Waals surface area (Å²) in [5, 5.41) is 8.07. The van der Waals surface area contributed by atoms with Crippen molar-refractivity contribution in [3.8, 4) is 11.5 Å². The summed E-state index contributed by atoms with van der Waals surface area (Å²) in [4.78, 5) is 14.1. The molecule has 0 bridgehead atoms. The van der Waals surface area contributed by atoms with Gasteiger partial charge in [0.1, 0.15) is 0 Å². The molecule has 1 aromatic carbocycles. The number of hydrogen-bond acceptors (Lipinski definition) is 4. The van der Waals surface area contributed by atoms with Crippen LogP contribution in [0.1, 0.15) is 39.0 Å². The third kappa shape index (κ3) is 4.41. The molecule has 1 heterocycles. The van der Waals surface area contributed by atoms with Gasteiger partial charge < -0.3 is 9.32 Å². The van der Waals surface area contributed by atoms with Crippen LogP contribution in [0.2, 0.25) is 0 Å². The van der Waals surface area contributed by atoms with E-state index in [0.717, 1.165) is 31.5 Å². The van der Waals surface area contributed by atoms with E-state index in [1.165, 1.54) is 0 Å². The fourth-order valence-corrected chi connectivity index (χ4v) is 2.33. The molecule has 5 nitrogen and oxygen atoms in total. The molecule has 0 saturated heterocycles. The molecule has 1 aromatic heterocycles. The van der Waals surface area contributed by atoms with Crippen LogP contribution in [0.5, 0.6) is 0 Å². The fraction of sp³-hybridized carbons (Fsp3) is 0.471. The molecular formula is C17H23N3O2. The highest BCUT2D eigenvalue weighted by molar-refractivity contribution is 5.76. The summed E-state index contributed by atoms with van der Waals surface area (Å²) >= 11 is 0. The molecular weight excluding hydrogens is 278 g/mol. The maximum atomic E-state index is 12.2. The first-order valence-electron chi connectivity index (χ1n) is 7.90. The summed E-state index contributed by atoms with van der Waals surface area (Å²) in [5.41, 5.74) is 0.895. The van der Waals surface area contributed by atoms with Crippen LogP contribution < -0.4 is 0 Å². The van der Waals surface area contributed by atoms with Crippen molar-refractivity contribution >= 4 is 5.91 Å². The van der Waals surface area contributed by atoms with E-state index in [0.29, 0.717) is 24.6 Å². The topological polar surface area (TPSA) is 59.2 Å². The Kier molecular flexibility index (Phi) is 6.13. The zero-order chi connectivity index (χ0) is 15.8.